The highest BCUT2D eigenvalue weighted by molar-refractivity contribution is 8.04. The fourth-order valence-electron chi connectivity index (χ4n) is 3.12. The minimum atomic E-state index is -0.286. The number of hydrogen-bond acceptors (Lipinski definition) is 5. The van der Waals surface area contributed by atoms with Gasteiger partial charge in [0.05, 0.1) is 23.7 Å². The van der Waals surface area contributed by atoms with Crippen molar-refractivity contribution in [2.75, 3.05) is 25.5 Å². The van der Waals surface area contributed by atoms with Gasteiger partial charge in [-0.3, -0.25) is 14.5 Å². The molecule has 0 aliphatic carbocycles. The van der Waals surface area contributed by atoms with Crippen molar-refractivity contribution in [1.82, 2.24) is 4.90 Å². The Morgan fingerprint density at radius 1 is 1.00 bits per heavy atom. The molecule has 0 fully saturated rings. The molecule has 0 spiro atoms. The van der Waals surface area contributed by atoms with E-state index in [9.17, 15) is 14.7 Å². The summed E-state index contributed by atoms with van der Waals surface area (Å²) in [5.74, 6) is 0.528. The van der Waals surface area contributed by atoms with Gasteiger partial charge in [-0.2, -0.15) is 0 Å². The number of ether oxygens (including phenoxy) is 1. The highest BCUT2D eigenvalue weighted by Crippen LogP contribution is 2.36. The zero-order chi connectivity index (χ0) is 20.6. The van der Waals surface area contributed by atoms with Crippen LogP contribution in [0.15, 0.2) is 59.5 Å². The first-order valence-corrected chi connectivity index (χ1v) is 10.8. The number of nitrogens with zero attached hydrogens (tertiary/aromatic N) is 1. The first-order chi connectivity index (χ1) is 14.2. The summed E-state index contributed by atoms with van der Waals surface area (Å²) < 4.78 is 5.60. The van der Waals surface area contributed by atoms with Crippen LogP contribution in [0.1, 0.15) is 24.5 Å². The van der Waals surface area contributed by atoms with E-state index >= 15 is 0 Å². The minimum Gasteiger partial charge on any atom is -0.494 e. The Labute approximate surface area is 175 Å². The third kappa shape index (κ3) is 5.08. The van der Waals surface area contributed by atoms with Crippen molar-refractivity contribution in [2.24, 2.45) is 0 Å². The molecule has 0 radical (unpaired) electrons. The maximum Gasteiger partial charge on any atom is 0.267 e. The second kappa shape index (κ2) is 10.3. The number of thioether (sulfide) groups is 1. The zero-order valence-corrected chi connectivity index (χ0v) is 17.3. The number of hydrogen-bond donors (Lipinski definition) is 1. The third-order valence-corrected chi connectivity index (χ3v) is 5.60. The van der Waals surface area contributed by atoms with E-state index in [0.717, 1.165) is 17.7 Å². The summed E-state index contributed by atoms with van der Waals surface area (Å²) in [4.78, 5) is 27.8. The highest BCUT2D eigenvalue weighted by Gasteiger charge is 2.38. The molecule has 3 rings (SSSR count). The van der Waals surface area contributed by atoms with Crippen molar-refractivity contribution in [2.45, 2.75) is 19.8 Å². The van der Waals surface area contributed by atoms with Gasteiger partial charge in [0.2, 0.25) is 0 Å². The Hall–Kier alpha value is -2.57. The fourth-order valence-corrected chi connectivity index (χ4v) is 3.99. The van der Waals surface area contributed by atoms with Crippen molar-refractivity contribution in [1.29, 1.82) is 0 Å². The van der Waals surface area contributed by atoms with E-state index in [1.165, 1.54) is 16.7 Å². The van der Waals surface area contributed by atoms with Crippen LogP contribution in [-0.2, 0) is 16.0 Å². The van der Waals surface area contributed by atoms with E-state index in [-0.39, 0.29) is 18.4 Å². The van der Waals surface area contributed by atoms with Crippen LogP contribution in [0.2, 0.25) is 0 Å². The molecule has 0 saturated heterocycles. The molecular weight excluding hydrogens is 386 g/mol. The first kappa shape index (κ1) is 21.1. The van der Waals surface area contributed by atoms with Gasteiger partial charge in [0, 0.05) is 12.3 Å². The lowest BCUT2D eigenvalue weighted by molar-refractivity contribution is -0.136. The quantitative estimate of drug-likeness (QED) is 0.606. The Morgan fingerprint density at radius 3 is 2.38 bits per heavy atom. The summed E-state index contributed by atoms with van der Waals surface area (Å²) in [6.07, 6.45) is 1.52. The predicted octanol–water partition coefficient (Wildman–Crippen LogP) is 3.52. The van der Waals surface area contributed by atoms with E-state index in [1.807, 2.05) is 61.5 Å². The number of imide groups is 1. The summed E-state index contributed by atoms with van der Waals surface area (Å²) in [5.41, 5.74) is 2.17. The van der Waals surface area contributed by atoms with E-state index in [4.69, 9.17) is 4.74 Å². The smallest absolute Gasteiger partial charge is 0.267 e. The largest absolute Gasteiger partial charge is 0.494 e. The van der Waals surface area contributed by atoms with Gasteiger partial charge in [-0.15, -0.1) is 11.8 Å². The first-order valence-electron chi connectivity index (χ1n) is 9.77. The number of benzene rings is 2. The molecule has 2 amide bonds. The van der Waals surface area contributed by atoms with Gasteiger partial charge >= 0.3 is 0 Å². The molecule has 0 unspecified atom stereocenters. The third-order valence-electron chi connectivity index (χ3n) is 4.55. The van der Waals surface area contributed by atoms with E-state index < -0.39 is 0 Å². The molecule has 1 aliphatic rings. The van der Waals surface area contributed by atoms with Crippen LogP contribution in [0, 0.1) is 0 Å². The molecule has 2 aromatic rings. The molecule has 5 nitrogen and oxygen atoms in total. The molecule has 29 heavy (non-hydrogen) atoms. The summed E-state index contributed by atoms with van der Waals surface area (Å²) in [5, 5.41) is 9.20. The van der Waals surface area contributed by atoms with Gasteiger partial charge in [0.1, 0.15) is 5.75 Å². The fraction of sp³-hybridized carbons (Fsp3) is 0.304. The second-order valence-corrected chi connectivity index (χ2v) is 7.75. The number of carbonyl (C=O) groups excluding carboxylic acids is 2. The van der Waals surface area contributed by atoms with Crippen molar-refractivity contribution < 1.29 is 19.4 Å². The second-order valence-electron chi connectivity index (χ2n) is 6.65. The Balaban J connectivity index is 1.82. The molecule has 0 saturated carbocycles. The van der Waals surface area contributed by atoms with Crippen molar-refractivity contribution in [3.8, 4) is 5.75 Å². The lowest BCUT2D eigenvalue weighted by Gasteiger charge is -2.15. The average Bonchev–Trinajstić information content (AvgIpc) is 2.99. The summed E-state index contributed by atoms with van der Waals surface area (Å²) in [7, 11) is 0. The monoisotopic (exact) mass is 411 g/mol. The van der Waals surface area contributed by atoms with Crippen molar-refractivity contribution in [3.05, 3.63) is 70.6 Å². The molecule has 0 bridgehead atoms. The Kier molecular flexibility index (Phi) is 7.49. The van der Waals surface area contributed by atoms with Gasteiger partial charge in [-0.25, -0.2) is 0 Å². The minimum absolute atomic E-state index is 0.0588. The van der Waals surface area contributed by atoms with E-state index in [1.54, 1.807) is 0 Å². The van der Waals surface area contributed by atoms with Crippen LogP contribution >= 0.6 is 11.8 Å². The number of rotatable bonds is 10. The SMILES string of the molecule is CCCOc1ccc(C2=C(SCCO)C(=O)N(CCc3ccccc3)C2=O)cc1. The van der Waals surface area contributed by atoms with Crippen LogP contribution in [0.4, 0.5) is 0 Å². The van der Waals surface area contributed by atoms with Crippen LogP contribution in [-0.4, -0.2) is 47.3 Å². The lowest BCUT2D eigenvalue weighted by atomic mass is 10.1. The predicted molar refractivity (Wildman–Crippen MR) is 116 cm³/mol. The molecular formula is C23H25NO4S. The highest BCUT2D eigenvalue weighted by atomic mass is 32.2. The van der Waals surface area contributed by atoms with E-state index in [0.29, 0.717) is 41.4 Å². The topological polar surface area (TPSA) is 66.8 Å². The zero-order valence-electron chi connectivity index (χ0n) is 16.5. The van der Waals surface area contributed by atoms with E-state index in [2.05, 4.69) is 0 Å². The molecule has 152 valence electrons. The van der Waals surface area contributed by atoms with Crippen LogP contribution in [0.3, 0.4) is 0 Å². The number of carbonyl (C=O) groups is 2. The Bertz CT molecular complexity index is 878. The van der Waals surface area contributed by atoms with Crippen LogP contribution in [0.25, 0.3) is 5.57 Å². The molecule has 6 heteroatoms. The summed E-state index contributed by atoms with van der Waals surface area (Å²) in [6.45, 7) is 2.93. The standard InChI is InChI=1S/C23H25NO4S/c1-2-15-28-19-10-8-18(9-11-19)20-21(29-16-14-25)23(27)24(22(20)26)13-12-17-6-4-3-5-7-17/h3-11,25H,2,12-16H2,1H3. The molecule has 0 aromatic heterocycles. The van der Waals surface area contributed by atoms with Crippen molar-refractivity contribution in [3.63, 3.8) is 0 Å². The van der Waals surface area contributed by atoms with Gasteiger partial charge in [-0.1, -0.05) is 49.4 Å². The number of aliphatic hydroxyl groups excluding tert-OH is 1. The average molecular weight is 412 g/mol. The van der Waals surface area contributed by atoms with Crippen LogP contribution in [0.5, 0.6) is 5.75 Å². The number of aliphatic hydroxyl groups is 1. The van der Waals surface area contributed by atoms with Crippen LogP contribution < -0.4 is 4.74 Å². The molecule has 1 N–H and O–H groups in total. The summed E-state index contributed by atoms with van der Waals surface area (Å²) >= 11 is 1.23. The number of amides is 2. The van der Waals surface area contributed by atoms with Gasteiger partial charge in [-0.05, 0) is 36.1 Å². The Morgan fingerprint density at radius 2 is 1.72 bits per heavy atom. The maximum atomic E-state index is 13.1. The normalized spacial score (nSPS) is 14.1. The summed E-state index contributed by atoms with van der Waals surface area (Å²) in [6, 6.07) is 17.0. The van der Waals surface area contributed by atoms with Gasteiger partial charge < -0.3 is 9.84 Å². The van der Waals surface area contributed by atoms with Gasteiger partial charge in [0.25, 0.3) is 11.8 Å². The molecule has 2 aromatic carbocycles. The van der Waals surface area contributed by atoms with Crippen molar-refractivity contribution >= 4 is 29.1 Å². The lowest BCUT2D eigenvalue weighted by Crippen LogP contribution is -2.33. The molecule has 1 aliphatic heterocycles. The maximum absolute atomic E-state index is 13.1. The molecule has 1 heterocycles. The van der Waals surface area contributed by atoms with Gasteiger partial charge in [0.15, 0.2) is 0 Å². The molecule has 0 atom stereocenters.